The number of carbonyl (C=O) groups is 1. The van der Waals surface area contributed by atoms with Crippen molar-refractivity contribution in [3.63, 3.8) is 0 Å². The second-order valence-corrected chi connectivity index (χ2v) is 5.23. The molecule has 7 heteroatoms. The third-order valence-corrected chi connectivity index (χ3v) is 3.53. The average molecular weight is 373 g/mol. The van der Waals surface area contributed by atoms with E-state index < -0.39 is 11.7 Å². The Bertz CT molecular complexity index is 687. The lowest BCUT2D eigenvalue weighted by molar-refractivity contribution is -0.137. The van der Waals surface area contributed by atoms with Gasteiger partial charge >= 0.3 is 6.18 Å². The Hall–Kier alpha value is -2.05. The average Bonchev–Trinajstić information content (AvgIpc) is 2.58. The molecule has 0 aliphatic heterocycles. The second kappa shape index (κ2) is 9.44. The summed E-state index contributed by atoms with van der Waals surface area (Å²) in [5.41, 5.74) is 0.903. The highest BCUT2D eigenvalue weighted by atomic mass is 35.5. The Labute approximate surface area is 151 Å². The number of hydrogen-bond donors (Lipinski definition) is 2. The van der Waals surface area contributed by atoms with Gasteiger partial charge in [-0.1, -0.05) is 37.3 Å². The van der Waals surface area contributed by atoms with Gasteiger partial charge in [-0.2, -0.15) is 13.2 Å². The summed E-state index contributed by atoms with van der Waals surface area (Å²) in [6.07, 6.45) is -4.37. The summed E-state index contributed by atoms with van der Waals surface area (Å²) >= 11 is 0. The number of alkyl halides is 3. The molecule has 0 radical (unpaired) electrons. The summed E-state index contributed by atoms with van der Waals surface area (Å²) in [4.78, 5) is 12.3. The highest BCUT2D eigenvalue weighted by molar-refractivity contribution is 6.00. The van der Waals surface area contributed by atoms with Gasteiger partial charge in [0.05, 0.1) is 5.56 Å². The molecule has 0 unspecified atom stereocenters. The van der Waals surface area contributed by atoms with E-state index in [0.717, 1.165) is 18.7 Å². The van der Waals surface area contributed by atoms with Gasteiger partial charge in [-0.05, 0) is 35.9 Å². The van der Waals surface area contributed by atoms with E-state index in [4.69, 9.17) is 0 Å². The molecule has 0 bridgehead atoms. The summed E-state index contributed by atoms with van der Waals surface area (Å²) in [5.74, 6) is -0.247. The van der Waals surface area contributed by atoms with Gasteiger partial charge in [0.25, 0.3) is 5.91 Å². The topological polar surface area (TPSA) is 41.1 Å². The molecule has 2 aromatic rings. The van der Waals surface area contributed by atoms with Crippen molar-refractivity contribution in [2.75, 3.05) is 19.6 Å². The smallest absolute Gasteiger partial charge is 0.351 e. The van der Waals surface area contributed by atoms with Crippen molar-refractivity contribution < 1.29 is 18.0 Å². The zero-order chi connectivity index (χ0) is 17.6. The van der Waals surface area contributed by atoms with Gasteiger partial charge in [0.15, 0.2) is 0 Å². The van der Waals surface area contributed by atoms with Gasteiger partial charge in [-0.3, -0.25) is 4.79 Å². The van der Waals surface area contributed by atoms with Crippen molar-refractivity contribution in [2.24, 2.45) is 0 Å². The number of benzene rings is 2. The first kappa shape index (κ1) is 21.0. The molecule has 2 aromatic carbocycles. The standard InChI is InChI=1S/C18H19F3N2O.ClH/c1-2-22-11-12-23-17(24)16-6-4-3-5-15(16)13-7-9-14(10-8-13)18(19,20)21;/h3-10,22H,2,11-12H2,1H3,(H,23,24);1H. The van der Waals surface area contributed by atoms with E-state index >= 15 is 0 Å². The maximum Gasteiger partial charge on any atom is 0.416 e. The number of likely N-dealkylation sites (N-methyl/N-ethyl adjacent to an activating group) is 1. The lowest BCUT2D eigenvalue weighted by Crippen LogP contribution is -2.31. The van der Waals surface area contributed by atoms with Crippen molar-refractivity contribution in [3.8, 4) is 11.1 Å². The van der Waals surface area contributed by atoms with Crippen molar-refractivity contribution in [1.29, 1.82) is 0 Å². The van der Waals surface area contributed by atoms with Crippen LogP contribution in [-0.4, -0.2) is 25.5 Å². The number of halogens is 4. The van der Waals surface area contributed by atoms with Crippen molar-refractivity contribution >= 4 is 18.3 Å². The van der Waals surface area contributed by atoms with Crippen molar-refractivity contribution in [1.82, 2.24) is 10.6 Å². The molecule has 0 spiro atoms. The molecule has 0 heterocycles. The van der Waals surface area contributed by atoms with Crippen LogP contribution in [0.15, 0.2) is 48.5 Å². The predicted molar refractivity (Wildman–Crippen MR) is 95.0 cm³/mol. The normalized spacial score (nSPS) is 10.9. The van der Waals surface area contributed by atoms with Crippen molar-refractivity contribution in [2.45, 2.75) is 13.1 Å². The van der Waals surface area contributed by atoms with Crippen molar-refractivity contribution in [3.05, 3.63) is 59.7 Å². The number of nitrogens with one attached hydrogen (secondary N) is 2. The molecule has 1 amide bonds. The molecule has 2 N–H and O–H groups in total. The van der Waals surface area contributed by atoms with Crippen LogP contribution < -0.4 is 10.6 Å². The highest BCUT2D eigenvalue weighted by Gasteiger charge is 2.30. The van der Waals surface area contributed by atoms with Crippen LogP contribution in [0.1, 0.15) is 22.8 Å². The van der Waals surface area contributed by atoms with Crippen LogP contribution in [0.25, 0.3) is 11.1 Å². The highest BCUT2D eigenvalue weighted by Crippen LogP contribution is 2.31. The minimum atomic E-state index is -4.37. The van der Waals surface area contributed by atoms with Crippen LogP contribution in [0, 0.1) is 0 Å². The first-order chi connectivity index (χ1) is 11.4. The molecule has 136 valence electrons. The molecule has 0 saturated carbocycles. The molecular formula is C18H20ClF3N2O. The van der Waals surface area contributed by atoms with Gasteiger partial charge in [-0.25, -0.2) is 0 Å². The lowest BCUT2D eigenvalue weighted by atomic mass is 9.98. The van der Waals surface area contributed by atoms with Gasteiger partial charge < -0.3 is 10.6 Å². The first-order valence-corrected chi connectivity index (χ1v) is 7.69. The Morgan fingerprint density at radius 2 is 1.64 bits per heavy atom. The third-order valence-electron chi connectivity index (χ3n) is 3.53. The maximum absolute atomic E-state index is 12.7. The van der Waals surface area contributed by atoms with E-state index in [2.05, 4.69) is 10.6 Å². The van der Waals surface area contributed by atoms with Crippen LogP contribution in [-0.2, 0) is 6.18 Å². The molecule has 25 heavy (non-hydrogen) atoms. The summed E-state index contributed by atoms with van der Waals surface area (Å²) in [6.45, 7) is 3.93. The number of rotatable bonds is 6. The van der Waals surface area contributed by atoms with Crippen LogP contribution in [0.2, 0.25) is 0 Å². The molecule has 0 aromatic heterocycles. The number of hydrogen-bond acceptors (Lipinski definition) is 2. The Kier molecular flexibility index (Phi) is 7.93. The number of amides is 1. The summed E-state index contributed by atoms with van der Waals surface area (Å²) in [7, 11) is 0. The van der Waals surface area contributed by atoms with Gasteiger partial charge in [0.2, 0.25) is 0 Å². The predicted octanol–water partition coefficient (Wildman–Crippen LogP) is 4.13. The zero-order valence-electron chi connectivity index (χ0n) is 13.7. The number of carbonyl (C=O) groups excluding carboxylic acids is 1. The van der Waals surface area contributed by atoms with Crippen LogP contribution >= 0.6 is 12.4 Å². The third kappa shape index (κ3) is 5.76. The van der Waals surface area contributed by atoms with E-state index in [1.165, 1.54) is 12.1 Å². The van der Waals surface area contributed by atoms with Crippen LogP contribution in [0.5, 0.6) is 0 Å². The molecule has 0 atom stereocenters. The molecular weight excluding hydrogens is 353 g/mol. The summed E-state index contributed by atoms with van der Waals surface area (Å²) in [5, 5.41) is 5.90. The van der Waals surface area contributed by atoms with E-state index in [1.807, 2.05) is 6.92 Å². The summed E-state index contributed by atoms with van der Waals surface area (Å²) < 4.78 is 38.0. The van der Waals surface area contributed by atoms with E-state index in [1.54, 1.807) is 24.3 Å². The SMILES string of the molecule is CCNCCNC(=O)c1ccccc1-c1ccc(C(F)(F)F)cc1.Cl. The van der Waals surface area contributed by atoms with Gasteiger partial charge in [0, 0.05) is 18.7 Å². The molecule has 0 aliphatic carbocycles. The van der Waals surface area contributed by atoms with E-state index in [9.17, 15) is 18.0 Å². The fourth-order valence-corrected chi connectivity index (χ4v) is 2.31. The largest absolute Gasteiger partial charge is 0.416 e. The maximum atomic E-state index is 12.7. The lowest BCUT2D eigenvalue weighted by Gasteiger charge is -2.12. The molecule has 0 fully saturated rings. The monoisotopic (exact) mass is 372 g/mol. The van der Waals surface area contributed by atoms with Crippen LogP contribution in [0.3, 0.4) is 0 Å². The van der Waals surface area contributed by atoms with E-state index in [0.29, 0.717) is 29.8 Å². The Morgan fingerprint density at radius 1 is 1.00 bits per heavy atom. The molecule has 0 saturated heterocycles. The van der Waals surface area contributed by atoms with Gasteiger partial charge in [-0.15, -0.1) is 12.4 Å². The Morgan fingerprint density at radius 3 is 2.24 bits per heavy atom. The molecule has 2 rings (SSSR count). The van der Waals surface area contributed by atoms with Gasteiger partial charge in [0.1, 0.15) is 0 Å². The second-order valence-electron chi connectivity index (χ2n) is 5.23. The minimum absolute atomic E-state index is 0. The zero-order valence-corrected chi connectivity index (χ0v) is 14.5. The summed E-state index contributed by atoms with van der Waals surface area (Å²) in [6, 6.07) is 11.7. The minimum Gasteiger partial charge on any atom is -0.351 e. The quantitative estimate of drug-likeness (QED) is 0.748. The van der Waals surface area contributed by atoms with E-state index in [-0.39, 0.29) is 18.3 Å². The molecule has 3 nitrogen and oxygen atoms in total. The fraction of sp³-hybridized carbons (Fsp3) is 0.278. The fourth-order valence-electron chi connectivity index (χ4n) is 2.31. The van der Waals surface area contributed by atoms with Crippen LogP contribution in [0.4, 0.5) is 13.2 Å². The Balaban J connectivity index is 0.00000312. The first-order valence-electron chi connectivity index (χ1n) is 7.69. The molecule has 0 aliphatic rings.